The third-order valence-corrected chi connectivity index (χ3v) is 4.45. The number of carbonyl (C=O) groups is 3. The Morgan fingerprint density at radius 2 is 1.92 bits per heavy atom. The molecule has 0 radical (unpaired) electrons. The molecule has 0 aromatic heterocycles. The maximum Gasteiger partial charge on any atom is 0.417 e. The molecule has 1 fully saturated rings. The van der Waals surface area contributed by atoms with E-state index in [0.29, 0.717) is 0 Å². The van der Waals surface area contributed by atoms with Gasteiger partial charge in [0.2, 0.25) is 5.91 Å². The highest BCUT2D eigenvalue weighted by molar-refractivity contribution is 5.98. The Morgan fingerprint density at radius 3 is 2.46 bits per heavy atom. The number of carbonyl (C=O) groups excluding carboxylic acids is 3. The first-order valence-corrected chi connectivity index (χ1v) is 7.61. The predicted octanol–water partition coefficient (Wildman–Crippen LogP) is 1.66. The first kappa shape index (κ1) is 17.9. The summed E-state index contributed by atoms with van der Waals surface area (Å²) >= 11 is 0. The number of methoxy groups -OCH3 is 1. The third-order valence-electron chi connectivity index (χ3n) is 4.45. The largest absolute Gasteiger partial charge is 0.467 e. The molecule has 2 amide bonds. The first-order valence-electron chi connectivity index (χ1n) is 7.61. The average Bonchev–Trinajstić information content (AvgIpc) is 2.87. The number of amides is 2. The van der Waals surface area contributed by atoms with E-state index in [2.05, 4.69) is 4.74 Å². The van der Waals surface area contributed by atoms with Crippen molar-refractivity contribution in [1.82, 2.24) is 4.90 Å². The van der Waals surface area contributed by atoms with Crippen LogP contribution in [0, 0.1) is 5.92 Å². The van der Waals surface area contributed by atoms with Crippen molar-refractivity contribution in [3.8, 4) is 0 Å². The molecular formula is C17H21NO6. The first-order chi connectivity index (χ1) is 11.2. The molecule has 2 rings (SSSR count). The van der Waals surface area contributed by atoms with Crippen LogP contribution in [0.2, 0.25) is 0 Å². The van der Waals surface area contributed by atoms with Gasteiger partial charge in [0.05, 0.1) is 19.1 Å². The summed E-state index contributed by atoms with van der Waals surface area (Å²) in [7, 11) is 1.12. The topological polar surface area (TPSA) is 93.1 Å². The predicted molar refractivity (Wildman–Crippen MR) is 83.8 cm³/mol. The second kappa shape index (κ2) is 6.60. The second-order valence-electron chi connectivity index (χ2n) is 6.02. The summed E-state index contributed by atoms with van der Waals surface area (Å²) in [5.74, 6) is -2.81. The Labute approximate surface area is 140 Å². The van der Waals surface area contributed by atoms with Crippen molar-refractivity contribution >= 4 is 18.0 Å². The summed E-state index contributed by atoms with van der Waals surface area (Å²) in [4.78, 5) is 37.5. The summed E-state index contributed by atoms with van der Waals surface area (Å²) < 4.78 is 9.83. The standard InChI is InChI=1S/C17H21NO6/c1-10(17(3,22)15(20)23-4)14(19)18-11(2)13(24-16(18)21)12-8-6-5-7-9-12/h5-11,13,22H,1-4H3. The third kappa shape index (κ3) is 2.99. The van der Waals surface area contributed by atoms with Gasteiger partial charge in [-0.15, -0.1) is 0 Å². The lowest BCUT2D eigenvalue weighted by Crippen LogP contribution is -2.52. The maximum atomic E-state index is 12.7. The van der Waals surface area contributed by atoms with Crippen molar-refractivity contribution < 1.29 is 29.0 Å². The Kier molecular flexibility index (Phi) is 4.94. The van der Waals surface area contributed by atoms with Gasteiger partial charge >= 0.3 is 12.1 Å². The van der Waals surface area contributed by atoms with Crippen LogP contribution in [0.5, 0.6) is 0 Å². The van der Waals surface area contributed by atoms with E-state index >= 15 is 0 Å². The van der Waals surface area contributed by atoms with Crippen LogP contribution in [-0.2, 0) is 19.1 Å². The minimum atomic E-state index is -2.04. The van der Waals surface area contributed by atoms with E-state index in [0.717, 1.165) is 17.6 Å². The van der Waals surface area contributed by atoms with E-state index in [4.69, 9.17) is 4.74 Å². The number of ether oxygens (including phenoxy) is 2. The fourth-order valence-corrected chi connectivity index (χ4v) is 2.68. The lowest BCUT2D eigenvalue weighted by molar-refractivity contribution is -0.170. The highest BCUT2D eigenvalue weighted by atomic mass is 16.6. The molecule has 7 nitrogen and oxygen atoms in total. The number of imide groups is 1. The van der Waals surface area contributed by atoms with Crippen molar-refractivity contribution in [2.45, 2.75) is 38.5 Å². The van der Waals surface area contributed by atoms with E-state index < -0.39 is 41.6 Å². The number of hydrogen-bond donors (Lipinski definition) is 1. The van der Waals surface area contributed by atoms with Crippen LogP contribution in [0.1, 0.15) is 32.4 Å². The van der Waals surface area contributed by atoms with Crippen LogP contribution in [-0.4, -0.2) is 46.7 Å². The number of aliphatic hydroxyl groups is 1. The zero-order valence-corrected chi connectivity index (χ0v) is 14.1. The van der Waals surface area contributed by atoms with Crippen molar-refractivity contribution in [2.75, 3.05) is 7.11 Å². The molecule has 0 bridgehead atoms. The summed E-state index contributed by atoms with van der Waals surface area (Å²) in [6.45, 7) is 4.23. The number of benzene rings is 1. The number of hydrogen-bond acceptors (Lipinski definition) is 6. The Hall–Kier alpha value is -2.41. The molecule has 4 atom stereocenters. The molecular weight excluding hydrogens is 314 g/mol. The van der Waals surface area contributed by atoms with E-state index in [1.165, 1.54) is 13.8 Å². The molecule has 1 aromatic rings. The van der Waals surface area contributed by atoms with Crippen LogP contribution in [0.3, 0.4) is 0 Å². The highest BCUT2D eigenvalue weighted by Crippen LogP contribution is 2.34. The molecule has 1 aromatic carbocycles. The molecule has 0 spiro atoms. The molecule has 7 heteroatoms. The molecule has 1 heterocycles. The van der Waals surface area contributed by atoms with Crippen LogP contribution >= 0.6 is 0 Å². The molecule has 0 saturated carbocycles. The van der Waals surface area contributed by atoms with Crippen LogP contribution in [0.25, 0.3) is 0 Å². The number of esters is 1. The normalized spacial score (nSPS) is 24.0. The van der Waals surface area contributed by atoms with Gasteiger partial charge in [0.1, 0.15) is 6.10 Å². The fourth-order valence-electron chi connectivity index (χ4n) is 2.68. The van der Waals surface area contributed by atoms with Gasteiger partial charge in [0.15, 0.2) is 5.60 Å². The minimum Gasteiger partial charge on any atom is -0.467 e. The Morgan fingerprint density at radius 1 is 1.33 bits per heavy atom. The highest BCUT2D eigenvalue weighted by Gasteiger charge is 2.50. The molecule has 1 aliphatic heterocycles. The summed E-state index contributed by atoms with van der Waals surface area (Å²) in [6, 6.07) is 8.50. The van der Waals surface area contributed by atoms with Crippen molar-refractivity contribution in [1.29, 1.82) is 0 Å². The van der Waals surface area contributed by atoms with Crippen molar-refractivity contribution in [3.63, 3.8) is 0 Å². The molecule has 1 saturated heterocycles. The second-order valence-corrected chi connectivity index (χ2v) is 6.02. The lowest BCUT2D eigenvalue weighted by Gasteiger charge is -2.29. The van der Waals surface area contributed by atoms with E-state index in [9.17, 15) is 19.5 Å². The van der Waals surface area contributed by atoms with Gasteiger partial charge in [-0.05, 0) is 19.4 Å². The summed E-state index contributed by atoms with van der Waals surface area (Å²) in [5, 5.41) is 10.3. The van der Waals surface area contributed by atoms with Crippen LogP contribution < -0.4 is 0 Å². The number of cyclic esters (lactones) is 1. The van der Waals surface area contributed by atoms with Gasteiger partial charge < -0.3 is 14.6 Å². The van der Waals surface area contributed by atoms with Gasteiger partial charge in [0, 0.05) is 0 Å². The number of rotatable bonds is 4. The van der Waals surface area contributed by atoms with Crippen molar-refractivity contribution in [2.24, 2.45) is 5.92 Å². The van der Waals surface area contributed by atoms with Gasteiger partial charge in [-0.2, -0.15) is 0 Å². The molecule has 1 aliphatic rings. The van der Waals surface area contributed by atoms with E-state index in [1.54, 1.807) is 19.1 Å². The van der Waals surface area contributed by atoms with Gasteiger partial charge in [-0.1, -0.05) is 37.3 Å². The molecule has 1 N–H and O–H groups in total. The average molecular weight is 335 g/mol. The van der Waals surface area contributed by atoms with Crippen LogP contribution in [0.4, 0.5) is 4.79 Å². The van der Waals surface area contributed by atoms with E-state index in [-0.39, 0.29) is 0 Å². The molecule has 0 aliphatic carbocycles. The van der Waals surface area contributed by atoms with E-state index in [1.807, 2.05) is 18.2 Å². The van der Waals surface area contributed by atoms with Crippen molar-refractivity contribution in [3.05, 3.63) is 35.9 Å². The lowest BCUT2D eigenvalue weighted by atomic mass is 9.89. The quantitative estimate of drug-likeness (QED) is 0.841. The Bertz CT molecular complexity index is 642. The zero-order valence-electron chi connectivity index (χ0n) is 14.1. The summed E-state index contributed by atoms with van der Waals surface area (Å²) in [6.07, 6.45) is -1.40. The molecule has 24 heavy (non-hydrogen) atoms. The summed E-state index contributed by atoms with van der Waals surface area (Å²) in [5.41, 5.74) is -1.28. The zero-order chi connectivity index (χ0) is 18.1. The van der Waals surface area contributed by atoms with Gasteiger partial charge in [-0.25, -0.2) is 14.5 Å². The SMILES string of the molecule is COC(=O)C(C)(O)C(C)C(=O)N1C(=O)OC(c2ccccc2)C1C. The van der Waals surface area contributed by atoms with Gasteiger partial charge in [-0.3, -0.25) is 4.79 Å². The molecule has 4 unspecified atom stereocenters. The van der Waals surface area contributed by atoms with Gasteiger partial charge in [0.25, 0.3) is 0 Å². The maximum absolute atomic E-state index is 12.7. The minimum absolute atomic E-state index is 0.566. The number of nitrogens with zero attached hydrogens (tertiary/aromatic N) is 1. The fraction of sp³-hybridized carbons (Fsp3) is 0.471. The Balaban J connectivity index is 2.24. The monoisotopic (exact) mass is 335 g/mol. The smallest absolute Gasteiger partial charge is 0.417 e. The molecule has 130 valence electrons. The van der Waals surface area contributed by atoms with Crippen LogP contribution in [0.15, 0.2) is 30.3 Å².